The number of amides is 1. The van der Waals surface area contributed by atoms with Crippen LogP contribution >= 0.6 is 0 Å². The van der Waals surface area contributed by atoms with Gasteiger partial charge in [0.05, 0.1) is 0 Å². The number of benzene rings is 1. The van der Waals surface area contributed by atoms with Gasteiger partial charge >= 0.3 is 0 Å². The first-order valence-corrected chi connectivity index (χ1v) is 8.76. The van der Waals surface area contributed by atoms with Crippen molar-refractivity contribution in [2.75, 3.05) is 0 Å². The fourth-order valence-electron chi connectivity index (χ4n) is 3.51. The molecule has 2 aliphatic carbocycles. The Balaban J connectivity index is 1.74. The van der Waals surface area contributed by atoms with Gasteiger partial charge in [0.15, 0.2) is 0 Å². The molecular formula is C19H28N2O. The molecule has 1 aromatic rings. The van der Waals surface area contributed by atoms with Gasteiger partial charge in [-0.2, -0.15) is 0 Å². The molecule has 4 unspecified atom stereocenters. The molecule has 3 heteroatoms. The second-order valence-electron chi connectivity index (χ2n) is 7.17. The molecule has 0 aliphatic heterocycles. The van der Waals surface area contributed by atoms with Gasteiger partial charge < -0.3 is 5.32 Å². The summed E-state index contributed by atoms with van der Waals surface area (Å²) in [5.74, 6) is 1.49. The number of nitrogens with one attached hydrogen (secondary N) is 2. The predicted octanol–water partition coefficient (Wildman–Crippen LogP) is 3.42. The molecule has 2 aliphatic rings. The minimum absolute atomic E-state index is 0.138. The summed E-state index contributed by atoms with van der Waals surface area (Å²) in [5, 5.41) is 6.84. The first-order valence-electron chi connectivity index (χ1n) is 8.76. The van der Waals surface area contributed by atoms with E-state index in [4.69, 9.17) is 0 Å². The molecule has 1 aromatic carbocycles. The van der Waals surface area contributed by atoms with Crippen molar-refractivity contribution in [3.63, 3.8) is 0 Å². The van der Waals surface area contributed by atoms with Crippen molar-refractivity contribution in [1.29, 1.82) is 0 Å². The standard InChI is InChI=1S/C19H28N2O/c1-13-7-6-10-17(14(13)2)21-18(15-8-4-3-5-9-15)19(22)20-16-11-12-16/h3-5,8-9,13-14,16-18,21H,6-7,10-12H2,1-2H3,(H,20,22). The zero-order chi connectivity index (χ0) is 15.5. The zero-order valence-corrected chi connectivity index (χ0v) is 13.7. The summed E-state index contributed by atoms with van der Waals surface area (Å²) in [6.07, 6.45) is 6.00. The lowest BCUT2D eigenvalue weighted by Crippen LogP contribution is -2.47. The monoisotopic (exact) mass is 300 g/mol. The zero-order valence-electron chi connectivity index (χ0n) is 13.7. The third-order valence-electron chi connectivity index (χ3n) is 5.41. The minimum atomic E-state index is -0.223. The largest absolute Gasteiger partial charge is 0.352 e. The summed E-state index contributed by atoms with van der Waals surface area (Å²) in [7, 11) is 0. The topological polar surface area (TPSA) is 41.1 Å². The van der Waals surface area contributed by atoms with Crippen LogP contribution in [0, 0.1) is 11.8 Å². The summed E-state index contributed by atoms with van der Waals surface area (Å²) in [6, 6.07) is 10.8. The van der Waals surface area contributed by atoms with Crippen LogP contribution in [0.3, 0.4) is 0 Å². The molecule has 3 nitrogen and oxygen atoms in total. The highest BCUT2D eigenvalue weighted by Crippen LogP contribution is 2.31. The molecular weight excluding hydrogens is 272 g/mol. The summed E-state index contributed by atoms with van der Waals surface area (Å²) < 4.78 is 0. The number of hydrogen-bond acceptors (Lipinski definition) is 2. The molecule has 22 heavy (non-hydrogen) atoms. The fraction of sp³-hybridized carbons (Fsp3) is 0.632. The Kier molecular flexibility index (Phi) is 4.82. The van der Waals surface area contributed by atoms with Gasteiger partial charge in [-0.3, -0.25) is 10.1 Å². The van der Waals surface area contributed by atoms with Gasteiger partial charge in [-0.15, -0.1) is 0 Å². The molecule has 2 saturated carbocycles. The Morgan fingerprint density at radius 3 is 2.50 bits per heavy atom. The molecule has 120 valence electrons. The van der Waals surface area contributed by atoms with Crippen molar-refractivity contribution < 1.29 is 4.79 Å². The average Bonchev–Trinajstić information content (AvgIpc) is 3.33. The summed E-state index contributed by atoms with van der Waals surface area (Å²) >= 11 is 0. The molecule has 0 radical (unpaired) electrons. The van der Waals surface area contributed by atoms with Crippen molar-refractivity contribution in [1.82, 2.24) is 10.6 Å². The Hall–Kier alpha value is -1.35. The van der Waals surface area contributed by atoms with Crippen LogP contribution in [0.2, 0.25) is 0 Å². The van der Waals surface area contributed by atoms with Crippen LogP contribution in [0.1, 0.15) is 57.6 Å². The maximum Gasteiger partial charge on any atom is 0.241 e. The third-order valence-corrected chi connectivity index (χ3v) is 5.41. The molecule has 2 fully saturated rings. The number of rotatable bonds is 5. The van der Waals surface area contributed by atoms with Gasteiger partial charge in [0.25, 0.3) is 0 Å². The van der Waals surface area contributed by atoms with Gasteiger partial charge in [0.1, 0.15) is 6.04 Å². The van der Waals surface area contributed by atoms with Crippen molar-refractivity contribution in [2.24, 2.45) is 11.8 Å². The second-order valence-corrected chi connectivity index (χ2v) is 7.17. The van der Waals surface area contributed by atoms with E-state index >= 15 is 0 Å². The third kappa shape index (κ3) is 3.70. The Bertz CT molecular complexity index is 497. The van der Waals surface area contributed by atoms with E-state index in [-0.39, 0.29) is 11.9 Å². The predicted molar refractivity (Wildman–Crippen MR) is 89.5 cm³/mol. The minimum Gasteiger partial charge on any atom is -0.352 e. The smallest absolute Gasteiger partial charge is 0.241 e. The van der Waals surface area contributed by atoms with Gasteiger partial charge in [-0.1, -0.05) is 57.0 Å². The number of carbonyl (C=O) groups excluding carboxylic acids is 1. The highest BCUT2D eigenvalue weighted by molar-refractivity contribution is 5.83. The van der Waals surface area contributed by atoms with Crippen molar-refractivity contribution >= 4 is 5.91 Å². The van der Waals surface area contributed by atoms with Crippen molar-refractivity contribution in [3.05, 3.63) is 35.9 Å². The maximum atomic E-state index is 12.7. The lowest BCUT2D eigenvalue weighted by Gasteiger charge is -2.37. The average molecular weight is 300 g/mol. The summed E-state index contributed by atoms with van der Waals surface area (Å²) in [6.45, 7) is 4.66. The van der Waals surface area contributed by atoms with Crippen LogP contribution in [0.4, 0.5) is 0 Å². The van der Waals surface area contributed by atoms with Crippen LogP contribution in [0.5, 0.6) is 0 Å². The molecule has 3 rings (SSSR count). The number of hydrogen-bond donors (Lipinski definition) is 2. The molecule has 1 amide bonds. The molecule has 0 aromatic heterocycles. The van der Waals surface area contributed by atoms with Gasteiger partial charge in [-0.05, 0) is 36.7 Å². The highest BCUT2D eigenvalue weighted by Gasteiger charge is 2.33. The second kappa shape index (κ2) is 6.82. The summed E-state index contributed by atoms with van der Waals surface area (Å²) in [5.41, 5.74) is 1.08. The molecule has 0 spiro atoms. The molecule has 4 atom stereocenters. The molecule has 2 N–H and O–H groups in total. The molecule has 0 saturated heterocycles. The SMILES string of the molecule is CC1CCCC(NC(C(=O)NC2CC2)c2ccccc2)C1C. The first kappa shape index (κ1) is 15.5. The van der Waals surface area contributed by atoms with E-state index < -0.39 is 0 Å². The van der Waals surface area contributed by atoms with Crippen molar-refractivity contribution in [2.45, 2.75) is 64.1 Å². The van der Waals surface area contributed by atoms with Crippen LogP contribution < -0.4 is 10.6 Å². The van der Waals surface area contributed by atoms with E-state index in [0.29, 0.717) is 18.0 Å². The summed E-state index contributed by atoms with van der Waals surface area (Å²) in [4.78, 5) is 12.7. The number of carbonyl (C=O) groups is 1. The van der Waals surface area contributed by atoms with E-state index in [1.54, 1.807) is 0 Å². The van der Waals surface area contributed by atoms with Crippen LogP contribution in [0.25, 0.3) is 0 Å². The van der Waals surface area contributed by atoms with Crippen LogP contribution in [-0.2, 0) is 4.79 Å². The van der Waals surface area contributed by atoms with Crippen LogP contribution in [-0.4, -0.2) is 18.0 Å². The van der Waals surface area contributed by atoms with E-state index in [1.807, 2.05) is 18.2 Å². The Morgan fingerprint density at radius 1 is 1.09 bits per heavy atom. The highest BCUT2D eigenvalue weighted by atomic mass is 16.2. The van der Waals surface area contributed by atoms with E-state index in [1.165, 1.54) is 19.3 Å². The lowest BCUT2D eigenvalue weighted by molar-refractivity contribution is -0.123. The quantitative estimate of drug-likeness (QED) is 0.875. The van der Waals surface area contributed by atoms with Crippen LogP contribution in [0.15, 0.2) is 30.3 Å². The van der Waals surface area contributed by atoms with Gasteiger partial charge in [-0.25, -0.2) is 0 Å². The lowest BCUT2D eigenvalue weighted by atomic mass is 9.77. The Morgan fingerprint density at radius 2 is 1.82 bits per heavy atom. The van der Waals surface area contributed by atoms with E-state index in [0.717, 1.165) is 24.3 Å². The fourth-order valence-corrected chi connectivity index (χ4v) is 3.51. The normalized spacial score (nSPS) is 29.8. The van der Waals surface area contributed by atoms with E-state index in [9.17, 15) is 4.79 Å². The Labute approximate surface area is 133 Å². The van der Waals surface area contributed by atoms with Crippen molar-refractivity contribution in [3.8, 4) is 0 Å². The van der Waals surface area contributed by atoms with Gasteiger partial charge in [0, 0.05) is 12.1 Å². The maximum absolute atomic E-state index is 12.7. The van der Waals surface area contributed by atoms with E-state index in [2.05, 4.69) is 36.6 Å². The molecule has 0 heterocycles. The van der Waals surface area contributed by atoms with Gasteiger partial charge in [0.2, 0.25) is 5.91 Å². The molecule has 0 bridgehead atoms. The first-order chi connectivity index (χ1) is 10.6.